The number of rotatable bonds is 1. The summed E-state index contributed by atoms with van der Waals surface area (Å²) in [5, 5.41) is 10.9. The van der Waals surface area contributed by atoms with Crippen LogP contribution in [0.3, 0.4) is 0 Å². The average molecular weight is 427 g/mol. The van der Waals surface area contributed by atoms with Crippen LogP contribution in [0.15, 0.2) is 12.2 Å². The summed E-state index contributed by atoms with van der Waals surface area (Å²) in [6.07, 6.45) is 13.4. The van der Waals surface area contributed by atoms with Crippen LogP contribution in [0.5, 0.6) is 0 Å². The minimum absolute atomic E-state index is 0.0632. The van der Waals surface area contributed by atoms with Crippen molar-refractivity contribution in [2.45, 2.75) is 119 Å². The first kappa shape index (κ1) is 22.5. The van der Waals surface area contributed by atoms with Crippen LogP contribution in [-0.4, -0.2) is 11.2 Å². The Morgan fingerprint density at radius 2 is 1.45 bits per heavy atom. The molecule has 31 heavy (non-hydrogen) atoms. The Morgan fingerprint density at radius 1 is 0.742 bits per heavy atom. The van der Waals surface area contributed by atoms with E-state index in [1.54, 1.807) is 0 Å². The topological polar surface area (TPSA) is 20.2 Å². The van der Waals surface area contributed by atoms with Gasteiger partial charge in [0.2, 0.25) is 0 Å². The molecule has 0 aromatic rings. The van der Waals surface area contributed by atoms with Crippen LogP contribution >= 0.6 is 0 Å². The number of aliphatic hydroxyl groups is 1. The van der Waals surface area contributed by atoms with Gasteiger partial charge in [-0.3, -0.25) is 0 Å². The van der Waals surface area contributed by atoms with Crippen LogP contribution < -0.4 is 0 Å². The molecule has 0 radical (unpaired) electrons. The Bertz CT molecular complexity index is 766. The van der Waals surface area contributed by atoms with Gasteiger partial charge in [0.15, 0.2) is 0 Å². The SMILES string of the molecule is C=C(C)C1CC[C@@]2(C)CC[C@@]3(C)[C@@H](CC[C@H]4[C@]5(C)CC[C@@H](O)C(C)(C)[C@H]5CC[C@@]43C)[C@H]12. The highest BCUT2D eigenvalue weighted by Gasteiger charge is 2.70. The molecule has 0 heterocycles. The van der Waals surface area contributed by atoms with Crippen LogP contribution in [0.2, 0.25) is 0 Å². The summed E-state index contributed by atoms with van der Waals surface area (Å²) in [5.41, 5.74) is 3.38. The lowest BCUT2D eigenvalue weighted by Gasteiger charge is -2.73. The van der Waals surface area contributed by atoms with E-state index in [4.69, 9.17) is 0 Å². The minimum atomic E-state index is -0.118. The molecule has 5 aliphatic carbocycles. The fraction of sp³-hybridized carbons (Fsp3) is 0.933. The van der Waals surface area contributed by atoms with E-state index in [1.165, 1.54) is 63.4 Å². The van der Waals surface area contributed by atoms with Crippen molar-refractivity contribution >= 4 is 0 Å². The molecule has 0 spiro atoms. The van der Waals surface area contributed by atoms with Crippen LogP contribution in [0.1, 0.15) is 113 Å². The second-order valence-electron chi connectivity index (χ2n) is 14.7. The molecule has 5 rings (SSSR count). The quantitative estimate of drug-likeness (QED) is 0.421. The van der Waals surface area contributed by atoms with Gasteiger partial charge in [0.25, 0.3) is 0 Å². The van der Waals surface area contributed by atoms with Gasteiger partial charge in [-0.2, -0.15) is 0 Å². The maximum absolute atomic E-state index is 10.9. The molecule has 0 aromatic heterocycles. The van der Waals surface area contributed by atoms with Crippen LogP contribution in [0, 0.1) is 56.7 Å². The zero-order valence-electron chi connectivity index (χ0n) is 21.7. The molecule has 0 saturated heterocycles. The summed E-state index contributed by atoms with van der Waals surface area (Å²) in [5.74, 6) is 3.98. The summed E-state index contributed by atoms with van der Waals surface area (Å²) in [7, 11) is 0. The number of allylic oxidation sites excluding steroid dienone is 1. The van der Waals surface area contributed by atoms with E-state index in [1.807, 2.05) is 0 Å². The van der Waals surface area contributed by atoms with Gasteiger partial charge in [-0.25, -0.2) is 0 Å². The summed E-state index contributed by atoms with van der Waals surface area (Å²) in [6, 6.07) is 0. The third-order valence-electron chi connectivity index (χ3n) is 13.5. The first-order valence-electron chi connectivity index (χ1n) is 13.6. The molecule has 1 N–H and O–H groups in total. The number of hydrogen-bond donors (Lipinski definition) is 1. The molecule has 0 amide bonds. The molecule has 10 atom stereocenters. The van der Waals surface area contributed by atoms with Crippen molar-refractivity contribution in [1.82, 2.24) is 0 Å². The normalized spacial score (nSPS) is 57.9. The van der Waals surface area contributed by atoms with Crippen molar-refractivity contribution in [3.63, 3.8) is 0 Å². The largest absolute Gasteiger partial charge is 0.393 e. The average Bonchev–Trinajstić information content (AvgIpc) is 3.04. The Kier molecular flexibility index (Phi) is 4.82. The lowest BCUT2D eigenvalue weighted by atomic mass is 9.32. The highest BCUT2D eigenvalue weighted by atomic mass is 16.3. The maximum Gasteiger partial charge on any atom is 0.0594 e. The lowest BCUT2D eigenvalue weighted by Crippen LogP contribution is -2.66. The molecule has 1 heteroatoms. The van der Waals surface area contributed by atoms with Gasteiger partial charge in [0, 0.05) is 0 Å². The maximum atomic E-state index is 10.9. The molecule has 0 aliphatic heterocycles. The molecule has 5 fully saturated rings. The van der Waals surface area contributed by atoms with E-state index in [0.29, 0.717) is 27.6 Å². The molecule has 5 saturated carbocycles. The van der Waals surface area contributed by atoms with Crippen molar-refractivity contribution < 1.29 is 5.11 Å². The van der Waals surface area contributed by atoms with Gasteiger partial charge in [-0.1, -0.05) is 53.7 Å². The highest BCUT2D eigenvalue weighted by molar-refractivity contribution is 5.21. The second-order valence-corrected chi connectivity index (χ2v) is 14.7. The number of hydrogen-bond acceptors (Lipinski definition) is 1. The van der Waals surface area contributed by atoms with Gasteiger partial charge >= 0.3 is 0 Å². The van der Waals surface area contributed by atoms with E-state index >= 15 is 0 Å². The van der Waals surface area contributed by atoms with Gasteiger partial charge in [0.1, 0.15) is 0 Å². The van der Waals surface area contributed by atoms with Crippen LogP contribution in [0.4, 0.5) is 0 Å². The van der Waals surface area contributed by atoms with Crippen molar-refractivity contribution in [3.05, 3.63) is 12.2 Å². The molecule has 5 aliphatic rings. The molecule has 0 aromatic carbocycles. The summed E-state index contributed by atoms with van der Waals surface area (Å²) in [4.78, 5) is 0. The van der Waals surface area contributed by atoms with Crippen molar-refractivity contribution in [1.29, 1.82) is 0 Å². The first-order chi connectivity index (χ1) is 14.3. The van der Waals surface area contributed by atoms with Crippen molar-refractivity contribution in [2.75, 3.05) is 0 Å². The summed E-state index contributed by atoms with van der Waals surface area (Å²) < 4.78 is 0. The predicted octanol–water partition coefficient (Wildman–Crippen LogP) is 8.02. The predicted molar refractivity (Wildman–Crippen MR) is 131 cm³/mol. The van der Waals surface area contributed by atoms with Crippen molar-refractivity contribution in [3.8, 4) is 0 Å². The standard InChI is InChI=1S/C30H50O/c1-19(2)20-11-14-27(5)17-18-29(7)21(25(20)27)9-10-23-28(6)15-13-24(31)26(3,4)22(28)12-16-30(23,29)8/h20-25,31H,1,9-18H2,2-8H3/t20?,21-,22+,23-,24+,25-,27-,28+,29-,30-/m0/s1. The van der Waals surface area contributed by atoms with Crippen molar-refractivity contribution in [2.24, 2.45) is 56.7 Å². The molecular weight excluding hydrogens is 376 g/mol. The van der Waals surface area contributed by atoms with E-state index in [0.717, 1.165) is 30.1 Å². The third-order valence-corrected chi connectivity index (χ3v) is 13.5. The Labute approximate surface area is 192 Å². The molecular formula is C30H50O. The molecule has 1 nitrogen and oxygen atoms in total. The fourth-order valence-corrected chi connectivity index (χ4v) is 11.5. The third kappa shape index (κ3) is 2.65. The van der Waals surface area contributed by atoms with Gasteiger partial charge in [-0.15, -0.1) is 0 Å². The zero-order chi connectivity index (χ0) is 22.6. The van der Waals surface area contributed by atoms with E-state index in [-0.39, 0.29) is 11.5 Å². The van der Waals surface area contributed by atoms with E-state index in [9.17, 15) is 5.11 Å². The summed E-state index contributed by atoms with van der Waals surface area (Å²) >= 11 is 0. The Morgan fingerprint density at radius 3 is 2.13 bits per heavy atom. The first-order valence-corrected chi connectivity index (χ1v) is 13.6. The monoisotopic (exact) mass is 426 g/mol. The van der Waals surface area contributed by atoms with Gasteiger partial charge < -0.3 is 5.11 Å². The number of aliphatic hydroxyl groups excluding tert-OH is 1. The lowest BCUT2D eigenvalue weighted by molar-refractivity contribution is -0.246. The zero-order valence-corrected chi connectivity index (χ0v) is 21.7. The van der Waals surface area contributed by atoms with Gasteiger partial charge in [0.05, 0.1) is 6.10 Å². The second kappa shape index (κ2) is 6.64. The van der Waals surface area contributed by atoms with E-state index < -0.39 is 0 Å². The Balaban J connectivity index is 1.54. The molecule has 1 unspecified atom stereocenters. The van der Waals surface area contributed by atoms with E-state index in [2.05, 4.69) is 55.0 Å². The smallest absolute Gasteiger partial charge is 0.0594 e. The number of fused-ring (bicyclic) bond motifs is 7. The summed E-state index contributed by atoms with van der Waals surface area (Å²) in [6.45, 7) is 22.3. The molecule has 176 valence electrons. The Hall–Kier alpha value is -0.300. The fourth-order valence-electron chi connectivity index (χ4n) is 11.5. The van der Waals surface area contributed by atoms with Gasteiger partial charge in [-0.05, 0) is 128 Å². The van der Waals surface area contributed by atoms with Crippen LogP contribution in [-0.2, 0) is 0 Å². The minimum Gasteiger partial charge on any atom is -0.393 e. The molecule has 0 bridgehead atoms. The van der Waals surface area contributed by atoms with Crippen LogP contribution in [0.25, 0.3) is 0 Å². The highest BCUT2D eigenvalue weighted by Crippen LogP contribution is 2.77.